The molecule has 0 aliphatic rings. The monoisotopic (exact) mass is 379 g/mol. The summed E-state index contributed by atoms with van der Waals surface area (Å²) in [7, 11) is 1.54. The lowest BCUT2D eigenvalue weighted by molar-refractivity contribution is -0.124. The molecule has 2 rings (SSSR count). The van der Waals surface area contributed by atoms with Gasteiger partial charge in [-0.15, -0.1) is 11.3 Å². The van der Waals surface area contributed by atoms with Crippen molar-refractivity contribution in [1.29, 1.82) is 0 Å². The maximum Gasteiger partial charge on any atom is 0.338 e. The van der Waals surface area contributed by atoms with Gasteiger partial charge in [0.25, 0.3) is 5.91 Å². The summed E-state index contributed by atoms with van der Waals surface area (Å²) in [4.78, 5) is 25.0. The average molecular weight is 380 g/mol. The Kier molecular flexibility index (Phi) is 7.81. The van der Waals surface area contributed by atoms with Crippen molar-refractivity contribution in [2.45, 2.75) is 12.7 Å². The number of hydrogen-bond donors (Lipinski definition) is 1. The van der Waals surface area contributed by atoms with Crippen LogP contribution in [0.4, 0.5) is 0 Å². The molecule has 0 unspecified atom stereocenters. The Balaban J connectivity index is 1.64. The third kappa shape index (κ3) is 6.43. The van der Waals surface area contributed by atoms with Gasteiger partial charge in [-0.05, 0) is 36.1 Å². The number of carbonyl (C=O) groups is 2. The van der Waals surface area contributed by atoms with Crippen LogP contribution >= 0.6 is 23.1 Å². The van der Waals surface area contributed by atoms with Gasteiger partial charge >= 0.3 is 5.97 Å². The molecule has 0 saturated heterocycles. The van der Waals surface area contributed by atoms with Gasteiger partial charge in [0.15, 0.2) is 6.61 Å². The molecule has 25 heavy (non-hydrogen) atoms. The highest BCUT2D eigenvalue weighted by Crippen LogP contribution is 2.19. The van der Waals surface area contributed by atoms with Gasteiger partial charge in [-0.1, -0.05) is 12.1 Å². The van der Waals surface area contributed by atoms with Gasteiger partial charge in [-0.2, -0.15) is 11.8 Å². The number of ether oxygens (including phenoxy) is 2. The van der Waals surface area contributed by atoms with Gasteiger partial charge < -0.3 is 14.8 Å². The number of methoxy groups -OCH3 is 1. The highest BCUT2D eigenvalue weighted by atomic mass is 32.2. The van der Waals surface area contributed by atoms with Crippen LogP contribution in [0.25, 0.3) is 0 Å². The number of thioether (sulfide) groups is 1. The summed E-state index contributed by atoms with van der Waals surface area (Å²) < 4.78 is 10.2. The minimum Gasteiger partial charge on any atom is -0.496 e. The first kappa shape index (κ1) is 19.3. The molecule has 0 spiro atoms. The van der Waals surface area contributed by atoms with Crippen molar-refractivity contribution < 1.29 is 19.1 Å². The lowest BCUT2D eigenvalue weighted by Gasteiger charge is -2.08. The summed E-state index contributed by atoms with van der Waals surface area (Å²) in [6.07, 6.45) is 0. The van der Waals surface area contributed by atoms with Crippen LogP contribution in [-0.2, 0) is 15.3 Å². The zero-order valence-electron chi connectivity index (χ0n) is 14.2. The largest absolute Gasteiger partial charge is 0.496 e. The molecule has 1 amide bonds. The van der Waals surface area contributed by atoms with Gasteiger partial charge in [0.1, 0.15) is 5.75 Å². The number of carbonyl (C=O) groups excluding carboxylic acids is 2. The second-order valence-electron chi connectivity index (χ2n) is 5.24. The standard InChI is InChI=1S/C18H21NO4S2/c1-13-5-6-14(10-16(13)22-2)18(21)23-11-17(20)19-7-9-24-12-15-4-3-8-25-15/h3-6,8,10H,7,9,11-12H2,1-2H3,(H,19,20). The minimum atomic E-state index is -0.541. The average Bonchev–Trinajstić information content (AvgIpc) is 3.13. The topological polar surface area (TPSA) is 64.6 Å². The summed E-state index contributed by atoms with van der Waals surface area (Å²) in [5, 5.41) is 4.79. The molecule has 7 heteroatoms. The predicted molar refractivity (Wildman–Crippen MR) is 102 cm³/mol. The maximum atomic E-state index is 12.0. The van der Waals surface area contributed by atoms with Crippen molar-refractivity contribution >= 4 is 35.0 Å². The van der Waals surface area contributed by atoms with E-state index >= 15 is 0 Å². The first-order valence-electron chi connectivity index (χ1n) is 7.78. The number of amides is 1. The Morgan fingerprint density at radius 3 is 2.84 bits per heavy atom. The highest BCUT2D eigenvalue weighted by molar-refractivity contribution is 7.98. The van der Waals surface area contributed by atoms with E-state index < -0.39 is 5.97 Å². The summed E-state index contributed by atoms with van der Waals surface area (Å²) in [6.45, 7) is 2.15. The molecular formula is C18H21NO4S2. The van der Waals surface area contributed by atoms with E-state index in [9.17, 15) is 9.59 Å². The Bertz CT molecular complexity index is 701. The number of benzene rings is 1. The Hall–Kier alpha value is -1.99. The molecule has 1 N–H and O–H groups in total. The predicted octanol–water partition coefficient (Wildman–Crippen LogP) is 3.27. The minimum absolute atomic E-state index is 0.287. The lowest BCUT2D eigenvalue weighted by Crippen LogP contribution is -2.30. The Morgan fingerprint density at radius 1 is 1.28 bits per heavy atom. The molecule has 1 aromatic carbocycles. The van der Waals surface area contributed by atoms with E-state index in [4.69, 9.17) is 9.47 Å². The first-order chi connectivity index (χ1) is 12.1. The van der Waals surface area contributed by atoms with E-state index in [0.717, 1.165) is 17.1 Å². The molecule has 0 radical (unpaired) electrons. The third-order valence-corrected chi connectivity index (χ3v) is 5.44. The lowest BCUT2D eigenvalue weighted by atomic mass is 10.1. The maximum absolute atomic E-state index is 12.0. The number of nitrogens with one attached hydrogen (secondary N) is 1. The summed E-state index contributed by atoms with van der Waals surface area (Å²) >= 11 is 3.48. The number of thiophene rings is 1. The number of rotatable bonds is 9. The fourth-order valence-corrected chi connectivity index (χ4v) is 3.74. The van der Waals surface area contributed by atoms with Gasteiger partial charge in [-0.3, -0.25) is 4.79 Å². The van der Waals surface area contributed by atoms with Crippen LogP contribution in [0.15, 0.2) is 35.7 Å². The van der Waals surface area contributed by atoms with Gasteiger partial charge in [0.05, 0.1) is 12.7 Å². The summed E-state index contributed by atoms with van der Waals surface area (Å²) in [6, 6.07) is 9.16. The van der Waals surface area contributed by atoms with Gasteiger partial charge in [-0.25, -0.2) is 4.79 Å². The van der Waals surface area contributed by atoms with Crippen molar-refractivity contribution in [2.75, 3.05) is 26.0 Å². The van der Waals surface area contributed by atoms with Crippen LogP contribution in [0.1, 0.15) is 20.8 Å². The quantitative estimate of drug-likeness (QED) is 0.535. The SMILES string of the molecule is COc1cc(C(=O)OCC(=O)NCCSCc2cccs2)ccc1C. The molecule has 5 nitrogen and oxygen atoms in total. The normalized spacial score (nSPS) is 10.3. The van der Waals surface area contributed by atoms with Crippen LogP contribution in [0.5, 0.6) is 5.75 Å². The highest BCUT2D eigenvalue weighted by Gasteiger charge is 2.12. The molecule has 0 bridgehead atoms. The summed E-state index contributed by atoms with van der Waals surface area (Å²) in [5.74, 6) is 1.52. The number of aryl methyl sites for hydroxylation is 1. The van der Waals surface area contributed by atoms with E-state index in [1.807, 2.05) is 13.0 Å². The van der Waals surface area contributed by atoms with E-state index in [-0.39, 0.29) is 12.5 Å². The van der Waals surface area contributed by atoms with E-state index in [1.54, 1.807) is 48.4 Å². The summed E-state index contributed by atoms with van der Waals surface area (Å²) in [5.41, 5.74) is 1.29. The van der Waals surface area contributed by atoms with Crippen molar-refractivity contribution in [2.24, 2.45) is 0 Å². The molecule has 1 heterocycles. The fourth-order valence-electron chi connectivity index (χ4n) is 2.04. The fraction of sp³-hybridized carbons (Fsp3) is 0.333. The molecule has 0 atom stereocenters. The van der Waals surface area contributed by atoms with Crippen LogP contribution in [0.3, 0.4) is 0 Å². The van der Waals surface area contributed by atoms with Crippen molar-refractivity contribution in [3.63, 3.8) is 0 Å². The number of hydrogen-bond acceptors (Lipinski definition) is 6. The van der Waals surface area contributed by atoms with Gasteiger partial charge in [0, 0.05) is 22.9 Å². The molecule has 0 aliphatic heterocycles. The van der Waals surface area contributed by atoms with Crippen LogP contribution in [-0.4, -0.2) is 37.9 Å². The van der Waals surface area contributed by atoms with Crippen molar-refractivity contribution in [3.8, 4) is 5.75 Å². The second-order valence-corrected chi connectivity index (χ2v) is 7.38. The molecule has 1 aromatic heterocycles. The van der Waals surface area contributed by atoms with E-state index in [0.29, 0.717) is 17.9 Å². The van der Waals surface area contributed by atoms with Crippen LogP contribution in [0.2, 0.25) is 0 Å². The van der Waals surface area contributed by atoms with Crippen LogP contribution in [0, 0.1) is 6.92 Å². The molecule has 0 aliphatic carbocycles. The van der Waals surface area contributed by atoms with Crippen molar-refractivity contribution in [3.05, 3.63) is 51.7 Å². The molecule has 134 valence electrons. The number of esters is 1. The van der Waals surface area contributed by atoms with Crippen molar-refractivity contribution in [1.82, 2.24) is 5.32 Å². The molecular weight excluding hydrogens is 358 g/mol. The molecule has 2 aromatic rings. The Labute approximate surface area is 155 Å². The smallest absolute Gasteiger partial charge is 0.338 e. The second kappa shape index (κ2) is 10.1. The zero-order valence-corrected chi connectivity index (χ0v) is 15.9. The molecule has 0 saturated carbocycles. The zero-order chi connectivity index (χ0) is 18.1. The van der Waals surface area contributed by atoms with Crippen LogP contribution < -0.4 is 10.1 Å². The van der Waals surface area contributed by atoms with E-state index in [2.05, 4.69) is 16.8 Å². The Morgan fingerprint density at radius 2 is 2.12 bits per heavy atom. The molecule has 0 fully saturated rings. The first-order valence-corrected chi connectivity index (χ1v) is 9.82. The van der Waals surface area contributed by atoms with E-state index in [1.165, 1.54) is 4.88 Å². The van der Waals surface area contributed by atoms with Gasteiger partial charge in [0.2, 0.25) is 0 Å². The third-order valence-electron chi connectivity index (χ3n) is 3.37.